The van der Waals surface area contributed by atoms with E-state index in [1.165, 1.54) is 0 Å². The molecule has 0 bridgehead atoms. The highest BCUT2D eigenvalue weighted by Gasteiger charge is 2.39. The predicted molar refractivity (Wildman–Crippen MR) is 81.2 cm³/mol. The first kappa shape index (κ1) is 16.3. The van der Waals surface area contributed by atoms with Crippen molar-refractivity contribution in [2.45, 2.75) is 58.5 Å². The van der Waals surface area contributed by atoms with Gasteiger partial charge in [0.2, 0.25) is 0 Å². The normalized spacial score (nSPS) is 27.0. The second kappa shape index (κ2) is 7.25. The van der Waals surface area contributed by atoms with Crippen LogP contribution in [0, 0.1) is 5.92 Å². The summed E-state index contributed by atoms with van der Waals surface area (Å²) in [5.41, 5.74) is 0. The van der Waals surface area contributed by atoms with Crippen molar-refractivity contribution in [2.24, 2.45) is 5.92 Å². The van der Waals surface area contributed by atoms with Crippen molar-refractivity contribution < 1.29 is 14.3 Å². The lowest BCUT2D eigenvalue weighted by molar-refractivity contribution is -0.129. The van der Waals surface area contributed by atoms with Gasteiger partial charge >= 0.3 is 6.03 Å². The third-order valence-electron chi connectivity index (χ3n) is 4.69. The number of carbonyl (C=O) groups is 2. The zero-order chi connectivity index (χ0) is 15.4. The van der Waals surface area contributed by atoms with Crippen LogP contribution in [0.4, 0.5) is 4.79 Å². The molecule has 21 heavy (non-hydrogen) atoms. The Bertz CT molecular complexity index is 384. The molecule has 120 valence electrons. The maximum atomic E-state index is 12.8. The minimum Gasteiger partial charge on any atom is -0.377 e. The van der Waals surface area contributed by atoms with Crippen LogP contribution in [0.5, 0.6) is 0 Å². The third-order valence-corrected chi connectivity index (χ3v) is 4.69. The first-order valence-electron chi connectivity index (χ1n) is 8.24. The van der Waals surface area contributed by atoms with Crippen LogP contribution < -0.4 is 0 Å². The molecule has 0 aromatic heterocycles. The second-order valence-corrected chi connectivity index (χ2v) is 6.32. The van der Waals surface area contributed by atoms with Crippen molar-refractivity contribution in [3.05, 3.63) is 0 Å². The van der Waals surface area contributed by atoms with E-state index in [1.54, 1.807) is 0 Å². The molecular formula is C16H28N2O3. The molecule has 5 nitrogen and oxygen atoms in total. The molecule has 0 aromatic rings. The molecular weight excluding hydrogens is 268 g/mol. The van der Waals surface area contributed by atoms with Gasteiger partial charge in [0.25, 0.3) is 0 Å². The summed E-state index contributed by atoms with van der Waals surface area (Å²) < 4.78 is 5.57. The molecule has 0 N–H and O–H groups in total. The van der Waals surface area contributed by atoms with E-state index >= 15 is 0 Å². The average molecular weight is 296 g/mol. The number of ether oxygens (including phenoxy) is 1. The van der Waals surface area contributed by atoms with Crippen molar-refractivity contribution >= 4 is 11.8 Å². The highest BCUT2D eigenvalue weighted by atomic mass is 16.5. The predicted octanol–water partition coefficient (Wildman–Crippen LogP) is 2.30. The molecule has 1 aliphatic carbocycles. The number of Topliss-reactive ketones (excluding diaryl/α,β-unsaturated/α-hetero) is 1. The molecule has 5 heteroatoms. The van der Waals surface area contributed by atoms with Gasteiger partial charge in [-0.15, -0.1) is 0 Å². The summed E-state index contributed by atoms with van der Waals surface area (Å²) in [6, 6.07) is 0.152. The topological polar surface area (TPSA) is 49.9 Å². The van der Waals surface area contributed by atoms with E-state index in [0.717, 1.165) is 19.3 Å². The summed E-state index contributed by atoms with van der Waals surface area (Å²) in [5, 5.41) is 0. The molecule has 2 rings (SSSR count). The van der Waals surface area contributed by atoms with E-state index in [4.69, 9.17) is 4.74 Å². The Morgan fingerprint density at radius 2 is 2.19 bits per heavy atom. The van der Waals surface area contributed by atoms with Gasteiger partial charge in [0.1, 0.15) is 5.78 Å². The monoisotopic (exact) mass is 296 g/mol. The molecule has 2 fully saturated rings. The molecule has 1 aliphatic heterocycles. The summed E-state index contributed by atoms with van der Waals surface area (Å²) in [7, 11) is 0. The first-order chi connectivity index (χ1) is 10.1. The number of carbonyl (C=O) groups excluding carboxylic acids is 2. The molecule has 2 aliphatic rings. The van der Waals surface area contributed by atoms with Crippen LogP contribution in [0.15, 0.2) is 0 Å². The number of morpholine rings is 1. The van der Waals surface area contributed by atoms with Crippen molar-refractivity contribution in [1.82, 2.24) is 9.80 Å². The standard InChI is InChI=1S/C16H28N2O3/c1-4-17(12(2)3)16(20)18-9-10-21-11-14(18)13-7-5-6-8-15(13)19/h12-14H,4-11H2,1-3H3/t13-,14+/m0/s1. The number of ketones is 1. The van der Waals surface area contributed by atoms with Crippen LogP contribution in [-0.2, 0) is 9.53 Å². The summed E-state index contributed by atoms with van der Waals surface area (Å²) in [6.45, 7) is 8.41. The quantitative estimate of drug-likeness (QED) is 0.803. The Balaban J connectivity index is 2.14. The van der Waals surface area contributed by atoms with Crippen LogP contribution in [0.3, 0.4) is 0 Å². The summed E-state index contributed by atoms with van der Waals surface area (Å²) in [4.78, 5) is 28.8. The van der Waals surface area contributed by atoms with Gasteiger partial charge in [0, 0.05) is 31.5 Å². The van der Waals surface area contributed by atoms with Crippen molar-refractivity contribution in [3.63, 3.8) is 0 Å². The maximum absolute atomic E-state index is 12.8. The molecule has 0 unspecified atom stereocenters. The van der Waals surface area contributed by atoms with Crippen LogP contribution in [0.1, 0.15) is 46.5 Å². The van der Waals surface area contributed by atoms with E-state index in [0.29, 0.717) is 38.5 Å². The maximum Gasteiger partial charge on any atom is 0.320 e. The Morgan fingerprint density at radius 1 is 1.43 bits per heavy atom. The average Bonchev–Trinajstić information content (AvgIpc) is 2.48. The van der Waals surface area contributed by atoms with E-state index in [-0.39, 0.29) is 24.0 Å². The highest BCUT2D eigenvalue weighted by molar-refractivity contribution is 5.83. The van der Waals surface area contributed by atoms with Crippen molar-refractivity contribution in [1.29, 1.82) is 0 Å². The van der Waals surface area contributed by atoms with Gasteiger partial charge in [-0.1, -0.05) is 6.42 Å². The SMILES string of the molecule is CCN(C(=O)N1CCOC[C@@H]1[C@@H]1CCCCC1=O)C(C)C. The zero-order valence-corrected chi connectivity index (χ0v) is 13.5. The minimum absolute atomic E-state index is 0.0335. The Labute approximate surface area is 127 Å². The smallest absolute Gasteiger partial charge is 0.320 e. The Hall–Kier alpha value is -1.10. The zero-order valence-electron chi connectivity index (χ0n) is 13.5. The van der Waals surface area contributed by atoms with Crippen molar-refractivity contribution in [2.75, 3.05) is 26.3 Å². The lowest BCUT2D eigenvalue weighted by Gasteiger charge is -2.43. The molecule has 0 aromatic carbocycles. The molecule has 1 heterocycles. The number of rotatable bonds is 3. The van der Waals surface area contributed by atoms with Crippen LogP contribution >= 0.6 is 0 Å². The number of hydrogen-bond acceptors (Lipinski definition) is 3. The molecule has 0 radical (unpaired) electrons. The Kier molecular flexibility index (Phi) is 5.62. The molecule has 0 spiro atoms. The van der Waals surface area contributed by atoms with E-state index in [2.05, 4.69) is 0 Å². The van der Waals surface area contributed by atoms with Crippen LogP contribution in [0.25, 0.3) is 0 Å². The molecule has 2 atom stereocenters. The fourth-order valence-electron chi connectivity index (χ4n) is 3.50. The van der Waals surface area contributed by atoms with Crippen molar-refractivity contribution in [3.8, 4) is 0 Å². The summed E-state index contributed by atoms with van der Waals surface area (Å²) in [5.74, 6) is 0.274. The van der Waals surface area contributed by atoms with Gasteiger partial charge < -0.3 is 14.5 Å². The number of urea groups is 1. The largest absolute Gasteiger partial charge is 0.377 e. The first-order valence-corrected chi connectivity index (χ1v) is 8.24. The summed E-state index contributed by atoms with van der Waals surface area (Å²) >= 11 is 0. The lowest BCUT2D eigenvalue weighted by Crippen LogP contribution is -2.58. The van der Waals surface area contributed by atoms with Gasteiger partial charge in [-0.05, 0) is 33.6 Å². The number of amides is 2. The third kappa shape index (κ3) is 3.57. The fourth-order valence-corrected chi connectivity index (χ4v) is 3.50. The van der Waals surface area contributed by atoms with Gasteiger partial charge in [0.05, 0.1) is 19.3 Å². The van der Waals surface area contributed by atoms with E-state index in [9.17, 15) is 9.59 Å². The second-order valence-electron chi connectivity index (χ2n) is 6.32. The molecule has 2 amide bonds. The number of nitrogens with zero attached hydrogens (tertiary/aromatic N) is 2. The van der Waals surface area contributed by atoms with Crippen LogP contribution in [-0.4, -0.2) is 60.0 Å². The van der Waals surface area contributed by atoms with Gasteiger partial charge in [-0.2, -0.15) is 0 Å². The van der Waals surface area contributed by atoms with Crippen LogP contribution in [0.2, 0.25) is 0 Å². The van der Waals surface area contributed by atoms with E-state index < -0.39 is 0 Å². The van der Waals surface area contributed by atoms with Gasteiger partial charge in [0.15, 0.2) is 0 Å². The Morgan fingerprint density at radius 3 is 2.81 bits per heavy atom. The molecule has 1 saturated carbocycles. The highest BCUT2D eigenvalue weighted by Crippen LogP contribution is 2.28. The summed E-state index contributed by atoms with van der Waals surface area (Å²) in [6.07, 6.45) is 3.62. The molecule has 1 saturated heterocycles. The lowest BCUT2D eigenvalue weighted by atomic mass is 9.82. The minimum atomic E-state index is -0.0770. The fraction of sp³-hybridized carbons (Fsp3) is 0.875. The number of hydrogen-bond donors (Lipinski definition) is 0. The van der Waals surface area contributed by atoms with Gasteiger partial charge in [-0.3, -0.25) is 4.79 Å². The van der Waals surface area contributed by atoms with Gasteiger partial charge in [-0.25, -0.2) is 4.79 Å². The van der Waals surface area contributed by atoms with E-state index in [1.807, 2.05) is 30.6 Å².